The summed E-state index contributed by atoms with van der Waals surface area (Å²) in [6, 6.07) is 17.6. The Kier molecular flexibility index (Phi) is 6.37. The second-order valence-corrected chi connectivity index (χ2v) is 8.18. The monoisotopic (exact) mass is 426 g/mol. The van der Waals surface area contributed by atoms with Crippen LogP contribution in [0.15, 0.2) is 54.6 Å². The Bertz CT molecular complexity index is 1030. The number of fused-ring (bicyclic) bond motifs is 1. The first-order valence-electron chi connectivity index (χ1n) is 10.6. The molecule has 0 radical (unpaired) electrons. The fraction of sp³-hybridized carbons (Fsp3) is 0.400. The SMILES string of the molecule is COc1ccc2cc(CN3CCC(F)(F)[C@@H](CCc4ccccc4)C3)c(OC)nc2c1. The summed E-state index contributed by atoms with van der Waals surface area (Å²) < 4.78 is 40.1. The van der Waals surface area contributed by atoms with Crippen molar-refractivity contribution in [3.8, 4) is 11.6 Å². The molecule has 1 fully saturated rings. The van der Waals surface area contributed by atoms with Crippen LogP contribution in [0.1, 0.15) is 24.0 Å². The highest BCUT2D eigenvalue weighted by atomic mass is 19.3. The van der Waals surface area contributed by atoms with Crippen LogP contribution < -0.4 is 9.47 Å². The summed E-state index contributed by atoms with van der Waals surface area (Å²) in [5.74, 6) is -2.04. The first kappa shape index (κ1) is 21.5. The Morgan fingerprint density at radius 3 is 2.61 bits per heavy atom. The van der Waals surface area contributed by atoms with E-state index in [1.54, 1.807) is 14.2 Å². The summed E-state index contributed by atoms with van der Waals surface area (Å²) in [6.07, 6.45) is 1.02. The molecule has 2 heterocycles. The first-order chi connectivity index (χ1) is 15.0. The summed E-state index contributed by atoms with van der Waals surface area (Å²) >= 11 is 0. The van der Waals surface area contributed by atoms with Gasteiger partial charge in [-0.1, -0.05) is 30.3 Å². The Hall–Kier alpha value is -2.73. The summed E-state index contributed by atoms with van der Waals surface area (Å²) in [5, 5.41) is 0.972. The summed E-state index contributed by atoms with van der Waals surface area (Å²) in [7, 11) is 3.21. The second kappa shape index (κ2) is 9.18. The fourth-order valence-electron chi connectivity index (χ4n) is 4.31. The van der Waals surface area contributed by atoms with Crippen LogP contribution in [0.25, 0.3) is 10.9 Å². The molecule has 0 saturated carbocycles. The average molecular weight is 427 g/mol. The van der Waals surface area contributed by atoms with E-state index in [1.807, 2.05) is 54.6 Å². The quantitative estimate of drug-likeness (QED) is 0.511. The molecule has 31 heavy (non-hydrogen) atoms. The lowest BCUT2D eigenvalue weighted by atomic mass is 9.88. The number of hydrogen-bond donors (Lipinski definition) is 0. The molecule has 0 spiro atoms. The van der Waals surface area contributed by atoms with Crippen LogP contribution in [-0.4, -0.2) is 43.1 Å². The minimum atomic E-state index is -2.63. The van der Waals surface area contributed by atoms with E-state index >= 15 is 0 Å². The second-order valence-electron chi connectivity index (χ2n) is 8.18. The number of rotatable bonds is 7. The molecule has 0 N–H and O–H groups in total. The maximum absolute atomic E-state index is 14.6. The van der Waals surface area contributed by atoms with E-state index in [-0.39, 0.29) is 6.42 Å². The molecule has 1 aliphatic rings. The van der Waals surface area contributed by atoms with Gasteiger partial charge in [-0.25, -0.2) is 13.8 Å². The zero-order valence-electron chi connectivity index (χ0n) is 18.0. The van der Waals surface area contributed by atoms with Crippen molar-refractivity contribution in [1.29, 1.82) is 0 Å². The lowest BCUT2D eigenvalue weighted by Gasteiger charge is -2.38. The molecule has 0 amide bonds. The third-order valence-electron chi connectivity index (χ3n) is 6.11. The lowest BCUT2D eigenvalue weighted by Crippen LogP contribution is -2.46. The number of ether oxygens (including phenoxy) is 2. The van der Waals surface area contributed by atoms with Crippen LogP contribution in [-0.2, 0) is 13.0 Å². The van der Waals surface area contributed by atoms with E-state index in [0.29, 0.717) is 38.4 Å². The zero-order valence-corrected chi connectivity index (χ0v) is 18.0. The highest BCUT2D eigenvalue weighted by Crippen LogP contribution is 2.37. The number of alkyl halides is 2. The molecule has 2 aromatic carbocycles. The van der Waals surface area contributed by atoms with Gasteiger partial charge in [0.25, 0.3) is 5.92 Å². The van der Waals surface area contributed by atoms with Gasteiger partial charge in [-0.15, -0.1) is 0 Å². The number of aromatic nitrogens is 1. The van der Waals surface area contributed by atoms with Crippen molar-refractivity contribution in [3.63, 3.8) is 0 Å². The molecule has 1 atom stereocenters. The number of aryl methyl sites for hydroxylation is 1. The highest BCUT2D eigenvalue weighted by molar-refractivity contribution is 5.81. The Labute approximate surface area is 181 Å². The van der Waals surface area contributed by atoms with Crippen molar-refractivity contribution in [3.05, 3.63) is 65.7 Å². The number of nitrogens with zero attached hydrogens (tertiary/aromatic N) is 2. The van der Waals surface area contributed by atoms with Gasteiger partial charge in [-0.2, -0.15) is 0 Å². The maximum atomic E-state index is 14.6. The molecule has 0 unspecified atom stereocenters. The van der Waals surface area contributed by atoms with Gasteiger partial charge in [-0.05, 0) is 36.6 Å². The van der Waals surface area contributed by atoms with Crippen molar-refractivity contribution in [2.75, 3.05) is 27.3 Å². The van der Waals surface area contributed by atoms with Crippen LogP contribution >= 0.6 is 0 Å². The molecule has 4 nitrogen and oxygen atoms in total. The van der Waals surface area contributed by atoms with E-state index in [2.05, 4.69) is 9.88 Å². The number of hydrogen-bond acceptors (Lipinski definition) is 4. The van der Waals surface area contributed by atoms with E-state index in [4.69, 9.17) is 9.47 Å². The number of piperidine rings is 1. The molecule has 6 heteroatoms. The standard InChI is InChI=1S/C25H28F2N2O2/c1-30-22-11-9-19-14-20(24(31-2)28-23(19)15-22)16-29-13-12-25(26,27)21(17-29)10-8-18-6-4-3-5-7-18/h3-7,9,11,14-15,21H,8,10,12-13,16-17H2,1-2H3/t21-/m0/s1. The van der Waals surface area contributed by atoms with Gasteiger partial charge in [0.1, 0.15) is 5.75 Å². The molecule has 4 rings (SSSR count). The molecule has 1 aliphatic heterocycles. The van der Waals surface area contributed by atoms with Crippen LogP contribution in [0.2, 0.25) is 0 Å². The Balaban J connectivity index is 1.49. The van der Waals surface area contributed by atoms with Crippen molar-refractivity contribution < 1.29 is 18.3 Å². The van der Waals surface area contributed by atoms with Crippen molar-refractivity contribution >= 4 is 10.9 Å². The van der Waals surface area contributed by atoms with Gasteiger partial charge < -0.3 is 9.47 Å². The largest absolute Gasteiger partial charge is 0.497 e. The van der Waals surface area contributed by atoms with E-state index < -0.39 is 11.8 Å². The summed E-state index contributed by atoms with van der Waals surface area (Å²) in [4.78, 5) is 6.71. The molecule has 3 aromatic rings. The van der Waals surface area contributed by atoms with Crippen LogP contribution in [0.4, 0.5) is 8.78 Å². The smallest absolute Gasteiger partial charge is 0.253 e. The van der Waals surface area contributed by atoms with Gasteiger partial charge in [0, 0.05) is 49.0 Å². The average Bonchev–Trinajstić information content (AvgIpc) is 2.79. The van der Waals surface area contributed by atoms with Crippen molar-refractivity contribution in [1.82, 2.24) is 9.88 Å². The normalized spacial score (nSPS) is 18.8. The van der Waals surface area contributed by atoms with E-state index in [9.17, 15) is 8.78 Å². The topological polar surface area (TPSA) is 34.6 Å². The Morgan fingerprint density at radius 2 is 1.87 bits per heavy atom. The van der Waals surface area contributed by atoms with Gasteiger partial charge in [0.05, 0.1) is 19.7 Å². The summed E-state index contributed by atoms with van der Waals surface area (Å²) in [5.41, 5.74) is 2.80. The highest BCUT2D eigenvalue weighted by Gasteiger charge is 2.43. The van der Waals surface area contributed by atoms with E-state index in [1.165, 1.54) is 0 Å². The third kappa shape index (κ3) is 4.96. The first-order valence-corrected chi connectivity index (χ1v) is 10.6. The molecule has 1 aromatic heterocycles. The number of likely N-dealkylation sites (tertiary alicyclic amines) is 1. The molecule has 164 valence electrons. The predicted molar refractivity (Wildman–Crippen MR) is 118 cm³/mol. The minimum Gasteiger partial charge on any atom is -0.497 e. The molecule has 0 aliphatic carbocycles. The van der Waals surface area contributed by atoms with Gasteiger partial charge >= 0.3 is 0 Å². The Morgan fingerprint density at radius 1 is 1.06 bits per heavy atom. The molecular formula is C25H28F2N2O2. The van der Waals surface area contributed by atoms with Crippen molar-refractivity contribution in [2.45, 2.75) is 31.7 Å². The van der Waals surface area contributed by atoms with Crippen LogP contribution in [0.3, 0.4) is 0 Å². The number of benzene rings is 2. The fourth-order valence-corrected chi connectivity index (χ4v) is 4.31. The number of halogens is 2. The molecule has 1 saturated heterocycles. The van der Waals surface area contributed by atoms with E-state index in [0.717, 1.165) is 27.8 Å². The van der Waals surface area contributed by atoms with Crippen LogP contribution in [0, 0.1) is 5.92 Å². The number of pyridine rings is 1. The van der Waals surface area contributed by atoms with Gasteiger partial charge in [0.2, 0.25) is 5.88 Å². The number of methoxy groups -OCH3 is 2. The maximum Gasteiger partial charge on any atom is 0.253 e. The molecular weight excluding hydrogens is 398 g/mol. The summed E-state index contributed by atoms with van der Waals surface area (Å²) in [6.45, 7) is 1.26. The van der Waals surface area contributed by atoms with Gasteiger partial charge in [0.15, 0.2) is 0 Å². The van der Waals surface area contributed by atoms with Crippen molar-refractivity contribution in [2.24, 2.45) is 5.92 Å². The van der Waals surface area contributed by atoms with Gasteiger partial charge in [-0.3, -0.25) is 4.90 Å². The molecule has 0 bridgehead atoms. The predicted octanol–water partition coefficient (Wildman–Crippen LogP) is 5.34. The minimum absolute atomic E-state index is 0.118. The third-order valence-corrected chi connectivity index (χ3v) is 6.11. The zero-order chi connectivity index (χ0) is 21.8. The van der Waals surface area contributed by atoms with Crippen LogP contribution in [0.5, 0.6) is 11.6 Å². The lowest BCUT2D eigenvalue weighted by molar-refractivity contribution is -0.109.